The van der Waals surface area contributed by atoms with E-state index in [0.717, 1.165) is 0 Å². The number of hydrogen-bond acceptors (Lipinski definition) is 4. The van der Waals surface area contributed by atoms with E-state index in [1.54, 1.807) is 18.2 Å². The zero-order chi connectivity index (χ0) is 14.3. The summed E-state index contributed by atoms with van der Waals surface area (Å²) in [7, 11) is 1.51. The summed E-state index contributed by atoms with van der Waals surface area (Å²) in [5, 5.41) is 2.56. The van der Waals surface area contributed by atoms with E-state index in [1.807, 2.05) is 0 Å². The van der Waals surface area contributed by atoms with Gasteiger partial charge in [0.05, 0.1) is 31.5 Å². The van der Waals surface area contributed by atoms with Crippen molar-refractivity contribution in [1.29, 1.82) is 0 Å². The first kappa shape index (κ1) is 15.2. The van der Waals surface area contributed by atoms with Crippen LogP contribution in [0.25, 0.3) is 0 Å². The fourth-order valence-corrected chi connectivity index (χ4v) is 1.33. The molecular formula is C12H16F2N2O3. The molecule has 0 saturated heterocycles. The minimum atomic E-state index is -2.53. The molecule has 0 unspecified atom stereocenters. The Labute approximate surface area is 109 Å². The third kappa shape index (κ3) is 5.52. The fourth-order valence-electron chi connectivity index (χ4n) is 1.33. The molecule has 5 nitrogen and oxygen atoms in total. The van der Waals surface area contributed by atoms with Crippen molar-refractivity contribution in [2.45, 2.75) is 12.8 Å². The van der Waals surface area contributed by atoms with Gasteiger partial charge in [0.1, 0.15) is 12.4 Å². The molecule has 0 heterocycles. The standard InChI is InChI=1S/C12H16F2N2O3/c1-18-8-2-3-10(9(15)6-8)16-12(17)4-5-19-7-11(13)14/h2-3,6,11H,4-5,7,15H2,1H3,(H,16,17). The van der Waals surface area contributed by atoms with Gasteiger partial charge in [0.25, 0.3) is 6.43 Å². The normalized spacial score (nSPS) is 10.5. The third-order valence-electron chi connectivity index (χ3n) is 2.25. The lowest BCUT2D eigenvalue weighted by atomic mass is 10.2. The molecule has 0 aromatic heterocycles. The molecule has 0 radical (unpaired) electrons. The molecule has 3 N–H and O–H groups in total. The van der Waals surface area contributed by atoms with Crippen LogP contribution in [0, 0.1) is 0 Å². The van der Waals surface area contributed by atoms with Crippen molar-refractivity contribution in [2.24, 2.45) is 0 Å². The van der Waals surface area contributed by atoms with Gasteiger partial charge in [-0.25, -0.2) is 8.78 Å². The highest BCUT2D eigenvalue weighted by Crippen LogP contribution is 2.24. The lowest BCUT2D eigenvalue weighted by Gasteiger charge is -2.09. The summed E-state index contributed by atoms with van der Waals surface area (Å²) in [6, 6.07) is 4.83. The van der Waals surface area contributed by atoms with E-state index in [0.29, 0.717) is 17.1 Å². The second kappa shape index (κ2) is 7.52. The smallest absolute Gasteiger partial charge is 0.261 e. The van der Waals surface area contributed by atoms with E-state index in [1.165, 1.54) is 7.11 Å². The second-order valence-corrected chi connectivity index (χ2v) is 3.72. The molecule has 106 valence electrons. The summed E-state index contributed by atoms with van der Waals surface area (Å²) in [5.41, 5.74) is 6.52. The van der Waals surface area contributed by atoms with Crippen LogP contribution < -0.4 is 15.8 Å². The van der Waals surface area contributed by atoms with E-state index in [9.17, 15) is 13.6 Å². The zero-order valence-corrected chi connectivity index (χ0v) is 10.5. The predicted octanol–water partition coefficient (Wildman–Crippen LogP) is 1.89. The molecule has 0 aliphatic heterocycles. The van der Waals surface area contributed by atoms with Crippen LogP contribution in [0.4, 0.5) is 20.2 Å². The summed E-state index contributed by atoms with van der Waals surface area (Å²) in [4.78, 5) is 11.5. The summed E-state index contributed by atoms with van der Waals surface area (Å²) < 4.78 is 33.1. The Hall–Kier alpha value is -1.89. The van der Waals surface area contributed by atoms with Gasteiger partial charge in [-0.3, -0.25) is 4.79 Å². The number of alkyl halides is 2. The van der Waals surface area contributed by atoms with E-state index < -0.39 is 13.0 Å². The highest BCUT2D eigenvalue weighted by Gasteiger charge is 2.07. The van der Waals surface area contributed by atoms with Gasteiger partial charge >= 0.3 is 0 Å². The van der Waals surface area contributed by atoms with E-state index in [2.05, 4.69) is 10.1 Å². The number of halogens is 2. The SMILES string of the molecule is COc1ccc(NC(=O)CCOCC(F)F)c(N)c1. The molecule has 0 bridgehead atoms. The number of hydrogen-bond donors (Lipinski definition) is 2. The average molecular weight is 274 g/mol. The molecular weight excluding hydrogens is 258 g/mol. The van der Waals surface area contributed by atoms with Gasteiger partial charge in [-0.1, -0.05) is 0 Å². The average Bonchev–Trinajstić information content (AvgIpc) is 2.37. The van der Waals surface area contributed by atoms with Gasteiger partial charge in [0.2, 0.25) is 5.91 Å². The number of nitrogens with one attached hydrogen (secondary N) is 1. The van der Waals surface area contributed by atoms with Crippen LogP contribution in [0.3, 0.4) is 0 Å². The fraction of sp³-hybridized carbons (Fsp3) is 0.417. The minimum absolute atomic E-state index is 0.0157. The van der Waals surface area contributed by atoms with Crippen LogP contribution in [0.1, 0.15) is 6.42 Å². The molecule has 1 amide bonds. The number of anilines is 2. The molecule has 1 rings (SSSR count). The van der Waals surface area contributed by atoms with E-state index in [-0.39, 0.29) is 18.9 Å². The maximum atomic E-state index is 11.8. The summed E-state index contributed by atoms with van der Waals surface area (Å²) in [6.07, 6.45) is -2.54. The van der Waals surface area contributed by atoms with Gasteiger partial charge in [-0.05, 0) is 12.1 Å². The Bertz CT molecular complexity index is 427. The Morgan fingerprint density at radius 2 is 2.21 bits per heavy atom. The van der Waals surface area contributed by atoms with Gasteiger partial charge in [0.15, 0.2) is 0 Å². The minimum Gasteiger partial charge on any atom is -0.497 e. The first-order valence-corrected chi connectivity index (χ1v) is 5.62. The Balaban J connectivity index is 2.40. The predicted molar refractivity (Wildman–Crippen MR) is 67.5 cm³/mol. The lowest BCUT2D eigenvalue weighted by Crippen LogP contribution is -2.16. The van der Waals surface area contributed by atoms with Gasteiger partial charge < -0.3 is 20.5 Å². The lowest BCUT2D eigenvalue weighted by molar-refractivity contribution is -0.117. The van der Waals surface area contributed by atoms with Crippen LogP contribution >= 0.6 is 0 Å². The Morgan fingerprint density at radius 3 is 2.79 bits per heavy atom. The van der Waals surface area contributed by atoms with E-state index in [4.69, 9.17) is 10.5 Å². The number of carbonyl (C=O) groups is 1. The third-order valence-corrected chi connectivity index (χ3v) is 2.25. The van der Waals surface area contributed by atoms with Crippen molar-refractivity contribution in [3.63, 3.8) is 0 Å². The highest BCUT2D eigenvalue weighted by atomic mass is 19.3. The van der Waals surface area contributed by atoms with Crippen molar-refractivity contribution in [3.8, 4) is 5.75 Å². The molecule has 0 saturated carbocycles. The maximum Gasteiger partial charge on any atom is 0.261 e. The van der Waals surface area contributed by atoms with Crippen LogP contribution in [-0.4, -0.2) is 32.7 Å². The number of nitrogens with two attached hydrogens (primary N) is 1. The highest BCUT2D eigenvalue weighted by molar-refractivity contribution is 5.94. The van der Waals surface area contributed by atoms with Crippen LogP contribution in [-0.2, 0) is 9.53 Å². The van der Waals surface area contributed by atoms with Crippen molar-refractivity contribution in [1.82, 2.24) is 0 Å². The number of methoxy groups -OCH3 is 1. The summed E-state index contributed by atoms with van der Waals surface area (Å²) >= 11 is 0. The Morgan fingerprint density at radius 1 is 1.47 bits per heavy atom. The van der Waals surface area contributed by atoms with Gasteiger partial charge in [0, 0.05) is 6.07 Å². The van der Waals surface area contributed by atoms with E-state index >= 15 is 0 Å². The zero-order valence-electron chi connectivity index (χ0n) is 10.5. The number of carbonyl (C=O) groups excluding carboxylic acids is 1. The molecule has 1 aromatic rings. The quantitative estimate of drug-likeness (QED) is 0.588. The summed E-state index contributed by atoms with van der Waals surface area (Å²) in [5.74, 6) is 0.224. The molecule has 7 heteroatoms. The van der Waals surface area contributed by atoms with Crippen molar-refractivity contribution >= 4 is 17.3 Å². The molecule has 0 aliphatic rings. The first-order chi connectivity index (χ1) is 9.02. The first-order valence-electron chi connectivity index (χ1n) is 5.62. The van der Waals surface area contributed by atoms with Gasteiger partial charge in [-0.2, -0.15) is 0 Å². The number of amides is 1. The molecule has 0 fully saturated rings. The Kier molecular flexibility index (Phi) is 6.01. The van der Waals surface area contributed by atoms with Gasteiger partial charge in [-0.15, -0.1) is 0 Å². The number of benzene rings is 1. The summed E-state index contributed by atoms with van der Waals surface area (Å²) in [6.45, 7) is -0.732. The van der Waals surface area contributed by atoms with Crippen molar-refractivity contribution in [3.05, 3.63) is 18.2 Å². The topological polar surface area (TPSA) is 73.6 Å². The maximum absolute atomic E-state index is 11.8. The van der Waals surface area contributed by atoms with Crippen LogP contribution in [0.15, 0.2) is 18.2 Å². The van der Waals surface area contributed by atoms with Crippen LogP contribution in [0.2, 0.25) is 0 Å². The number of nitrogen functional groups attached to an aromatic ring is 1. The van der Waals surface area contributed by atoms with Crippen LogP contribution in [0.5, 0.6) is 5.75 Å². The number of rotatable bonds is 7. The van der Waals surface area contributed by atoms with Crippen molar-refractivity contribution < 1.29 is 23.0 Å². The van der Waals surface area contributed by atoms with Crippen molar-refractivity contribution in [2.75, 3.05) is 31.4 Å². The molecule has 19 heavy (non-hydrogen) atoms. The molecule has 1 aromatic carbocycles. The molecule has 0 spiro atoms. The molecule has 0 aliphatic carbocycles. The molecule has 0 atom stereocenters. The second-order valence-electron chi connectivity index (χ2n) is 3.72. The largest absolute Gasteiger partial charge is 0.497 e. The monoisotopic (exact) mass is 274 g/mol. The number of ether oxygens (including phenoxy) is 2.